The van der Waals surface area contributed by atoms with Gasteiger partial charge in [-0.05, 0) is 24.6 Å². The van der Waals surface area contributed by atoms with Crippen LogP contribution in [0, 0.1) is 6.92 Å². The van der Waals surface area contributed by atoms with E-state index in [-0.39, 0.29) is 12.5 Å². The van der Waals surface area contributed by atoms with Crippen molar-refractivity contribution in [2.45, 2.75) is 6.92 Å². The van der Waals surface area contributed by atoms with Crippen molar-refractivity contribution in [3.8, 4) is 0 Å². The summed E-state index contributed by atoms with van der Waals surface area (Å²) in [7, 11) is 1.27. The highest BCUT2D eigenvalue weighted by atomic mass is 79.9. The van der Waals surface area contributed by atoms with Gasteiger partial charge in [-0.25, -0.2) is 0 Å². The number of hydrogen-bond acceptors (Lipinski definition) is 3. The Kier molecular flexibility index (Phi) is 4.49. The number of carbonyl (C=O) groups is 2. The minimum absolute atomic E-state index is 0.124. The second-order valence-electron chi connectivity index (χ2n) is 3.22. The topological polar surface area (TPSA) is 55.4 Å². The summed E-state index contributed by atoms with van der Waals surface area (Å²) < 4.78 is 5.28. The molecule has 1 aromatic rings. The van der Waals surface area contributed by atoms with Crippen LogP contribution in [0.4, 0.5) is 0 Å². The summed E-state index contributed by atoms with van der Waals surface area (Å²) in [4.78, 5) is 22.4. The number of ether oxygens (including phenoxy) is 1. The molecule has 0 saturated carbocycles. The fraction of sp³-hybridized carbons (Fsp3) is 0.273. The first-order valence-corrected chi connectivity index (χ1v) is 5.45. The van der Waals surface area contributed by atoms with E-state index in [4.69, 9.17) is 0 Å². The molecule has 0 spiro atoms. The minimum Gasteiger partial charge on any atom is -0.468 e. The molecule has 1 N–H and O–H groups in total. The second kappa shape index (κ2) is 5.65. The molecular weight excluding hydrogens is 274 g/mol. The number of rotatable bonds is 3. The molecule has 0 unspecified atom stereocenters. The van der Waals surface area contributed by atoms with Crippen molar-refractivity contribution < 1.29 is 14.3 Å². The minimum atomic E-state index is -0.473. The molecule has 0 aliphatic rings. The van der Waals surface area contributed by atoms with Crippen molar-refractivity contribution in [1.29, 1.82) is 0 Å². The Hall–Kier alpha value is -1.36. The predicted octanol–water partition coefficient (Wildman–Crippen LogP) is 1.66. The van der Waals surface area contributed by atoms with Crippen molar-refractivity contribution in [2.75, 3.05) is 13.7 Å². The molecule has 16 heavy (non-hydrogen) atoms. The Morgan fingerprint density at radius 1 is 1.44 bits per heavy atom. The van der Waals surface area contributed by atoms with E-state index in [1.807, 2.05) is 13.0 Å². The molecule has 0 atom stereocenters. The summed E-state index contributed by atoms with van der Waals surface area (Å²) in [5.41, 5.74) is 1.55. The maximum atomic E-state index is 11.6. The molecule has 0 aliphatic heterocycles. The molecule has 0 aromatic heterocycles. The van der Waals surface area contributed by atoms with E-state index < -0.39 is 5.97 Å². The number of carbonyl (C=O) groups excluding carboxylic acids is 2. The van der Waals surface area contributed by atoms with Crippen molar-refractivity contribution >= 4 is 27.8 Å². The van der Waals surface area contributed by atoms with E-state index in [1.165, 1.54) is 7.11 Å². The number of aryl methyl sites for hydroxylation is 1. The van der Waals surface area contributed by atoms with Crippen LogP contribution >= 0.6 is 15.9 Å². The highest BCUT2D eigenvalue weighted by Crippen LogP contribution is 2.17. The van der Waals surface area contributed by atoms with Gasteiger partial charge < -0.3 is 10.1 Å². The summed E-state index contributed by atoms with van der Waals surface area (Å²) in [5.74, 6) is -0.773. The first-order chi connectivity index (χ1) is 7.54. The Balaban J connectivity index is 2.66. The van der Waals surface area contributed by atoms with E-state index in [1.54, 1.807) is 12.1 Å². The Bertz CT molecular complexity index is 418. The van der Waals surface area contributed by atoms with E-state index in [0.717, 1.165) is 10.0 Å². The zero-order valence-electron chi connectivity index (χ0n) is 9.04. The fourth-order valence-electron chi connectivity index (χ4n) is 1.06. The van der Waals surface area contributed by atoms with Gasteiger partial charge in [0, 0.05) is 10.0 Å². The zero-order valence-corrected chi connectivity index (χ0v) is 10.6. The number of amides is 1. The molecule has 86 valence electrons. The van der Waals surface area contributed by atoms with Crippen LogP contribution in [-0.4, -0.2) is 25.5 Å². The Morgan fingerprint density at radius 3 is 2.69 bits per heavy atom. The number of nitrogens with one attached hydrogen (secondary N) is 1. The monoisotopic (exact) mass is 285 g/mol. The molecule has 1 rings (SSSR count). The molecule has 0 fully saturated rings. The Labute approximate surface area is 102 Å². The van der Waals surface area contributed by atoms with Gasteiger partial charge in [-0.3, -0.25) is 9.59 Å². The third-order valence-corrected chi connectivity index (χ3v) is 2.91. The quantitative estimate of drug-likeness (QED) is 0.860. The summed E-state index contributed by atoms with van der Waals surface area (Å²) in [5, 5.41) is 2.46. The largest absolute Gasteiger partial charge is 0.468 e. The molecule has 0 radical (unpaired) electrons. The third kappa shape index (κ3) is 3.34. The average molecular weight is 286 g/mol. The van der Waals surface area contributed by atoms with Crippen molar-refractivity contribution in [3.63, 3.8) is 0 Å². The highest BCUT2D eigenvalue weighted by Gasteiger charge is 2.08. The number of hydrogen-bond donors (Lipinski definition) is 1. The lowest BCUT2D eigenvalue weighted by molar-refractivity contribution is -0.139. The second-order valence-corrected chi connectivity index (χ2v) is 4.08. The van der Waals surface area contributed by atoms with Gasteiger partial charge in [0.1, 0.15) is 6.54 Å². The summed E-state index contributed by atoms with van der Waals surface area (Å²) in [6, 6.07) is 5.24. The van der Waals surface area contributed by atoms with Crippen LogP contribution in [0.1, 0.15) is 15.9 Å². The molecule has 1 amide bonds. The van der Waals surface area contributed by atoms with Gasteiger partial charge in [-0.15, -0.1) is 0 Å². The smallest absolute Gasteiger partial charge is 0.325 e. The van der Waals surface area contributed by atoms with Crippen molar-refractivity contribution in [3.05, 3.63) is 33.8 Å². The maximum Gasteiger partial charge on any atom is 0.325 e. The molecule has 5 heteroatoms. The normalized spacial score (nSPS) is 9.69. The van der Waals surface area contributed by atoms with Gasteiger partial charge in [0.2, 0.25) is 0 Å². The van der Waals surface area contributed by atoms with Gasteiger partial charge in [0.15, 0.2) is 0 Å². The number of halogens is 1. The number of esters is 1. The lowest BCUT2D eigenvalue weighted by Gasteiger charge is -2.05. The standard InChI is InChI=1S/C11H12BrNO3/c1-7-3-4-8(5-9(7)12)11(15)13-6-10(14)16-2/h3-5H,6H2,1-2H3,(H,13,15). The van der Waals surface area contributed by atoms with Gasteiger partial charge in [0.25, 0.3) is 5.91 Å². The van der Waals surface area contributed by atoms with Gasteiger partial charge in [-0.1, -0.05) is 22.0 Å². The molecule has 0 aliphatic carbocycles. The molecule has 0 bridgehead atoms. The molecule has 0 heterocycles. The average Bonchev–Trinajstić information content (AvgIpc) is 2.29. The van der Waals surface area contributed by atoms with Crippen molar-refractivity contribution in [1.82, 2.24) is 5.32 Å². The van der Waals surface area contributed by atoms with Crippen LogP contribution < -0.4 is 5.32 Å². The highest BCUT2D eigenvalue weighted by molar-refractivity contribution is 9.10. The molecule has 1 aromatic carbocycles. The zero-order chi connectivity index (χ0) is 12.1. The van der Waals surface area contributed by atoms with E-state index in [0.29, 0.717) is 5.56 Å². The summed E-state index contributed by atoms with van der Waals surface area (Å²) in [6.45, 7) is 1.81. The van der Waals surface area contributed by atoms with Gasteiger partial charge >= 0.3 is 5.97 Å². The van der Waals surface area contributed by atoms with Crippen LogP contribution in [-0.2, 0) is 9.53 Å². The number of methoxy groups -OCH3 is 1. The van der Waals surface area contributed by atoms with E-state index >= 15 is 0 Å². The van der Waals surface area contributed by atoms with Crippen LogP contribution in [0.5, 0.6) is 0 Å². The van der Waals surface area contributed by atoms with Gasteiger partial charge in [-0.2, -0.15) is 0 Å². The molecular formula is C11H12BrNO3. The van der Waals surface area contributed by atoms with Crippen LogP contribution in [0.15, 0.2) is 22.7 Å². The van der Waals surface area contributed by atoms with Crippen LogP contribution in [0.25, 0.3) is 0 Å². The lowest BCUT2D eigenvalue weighted by atomic mass is 10.1. The first-order valence-electron chi connectivity index (χ1n) is 4.65. The molecule has 0 saturated heterocycles. The number of benzene rings is 1. The van der Waals surface area contributed by atoms with Gasteiger partial charge in [0.05, 0.1) is 7.11 Å². The first kappa shape index (κ1) is 12.7. The maximum absolute atomic E-state index is 11.6. The third-order valence-electron chi connectivity index (χ3n) is 2.05. The van der Waals surface area contributed by atoms with Crippen LogP contribution in [0.3, 0.4) is 0 Å². The van der Waals surface area contributed by atoms with Crippen LogP contribution in [0.2, 0.25) is 0 Å². The Morgan fingerprint density at radius 2 is 2.12 bits per heavy atom. The van der Waals surface area contributed by atoms with E-state index in [2.05, 4.69) is 26.0 Å². The summed E-state index contributed by atoms with van der Waals surface area (Å²) >= 11 is 3.34. The summed E-state index contributed by atoms with van der Waals surface area (Å²) in [6.07, 6.45) is 0. The molecule has 4 nitrogen and oxygen atoms in total. The van der Waals surface area contributed by atoms with Crippen molar-refractivity contribution in [2.24, 2.45) is 0 Å². The van der Waals surface area contributed by atoms with E-state index in [9.17, 15) is 9.59 Å². The SMILES string of the molecule is COC(=O)CNC(=O)c1ccc(C)c(Br)c1. The fourth-order valence-corrected chi connectivity index (χ4v) is 1.44. The predicted molar refractivity (Wildman–Crippen MR) is 63.2 cm³/mol. The lowest BCUT2D eigenvalue weighted by Crippen LogP contribution is -2.30.